The second-order valence-corrected chi connectivity index (χ2v) is 8.89. The van der Waals surface area contributed by atoms with Gasteiger partial charge in [-0.05, 0) is 74.0 Å². The fourth-order valence-corrected chi connectivity index (χ4v) is 4.20. The lowest BCUT2D eigenvalue weighted by Crippen LogP contribution is -2.27. The average Bonchev–Trinajstić information content (AvgIpc) is 3.44. The number of anilines is 2. The summed E-state index contributed by atoms with van der Waals surface area (Å²) in [5, 5.41) is 9.18. The summed E-state index contributed by atoms with van der Waals surface area (Å²) in [6.07, 6.45) is 5.74. The van der Waals surface area contributed by atoms with Gasteiger partial charge in [0.1, 0.15) is 11.4 Å². The topological polar surface area (TPSA) is 97.3 Å². The second kappa shape index (κ2) is 11.2. The molecule has 194 valence electrons. The zero-order chi connectivity index (χ0) is 26.5. The fourth-order valence-electron chi connectivity index (χ4n) is 4.20. The molecule has 2 aromatic heterocycles. The molecule has 1 unspecified atom stereocenters. The van der Waals surface area contributed by atoms with E-state index in [0.29, 0.717) is 23.0 Å². The summed E-state index contributed by atoms with van der Waals surface area (Å²) in [5.74, 6) is -0.954. The number of amides is 1. The lowest BCUT2D eigenvalue weighted by molar-refractivity contribution is 0.102. The van der Waals surface area contributed by atoms with Gasteiger partial charge in [-0.15, -0.1) is 0 Å². The second-order valence-electron chi connectivity index (χ2n) is 8.89. The van der Waals surface area contributed by atoms with Gasteiger partial charge in [-0.25, -0.2) is 8.78 Å². The maximum absolute atomic E-state index is 14.9. The predicted octanol–water partition coefficient (Wildman–Crippen LogP) is 4.58. The van der Waals surface area contributed by atoms with Crippen molar-refractivity contribution in [1.29, 1.82) is 0 Å². The van der Waals surface area contributed by atoms with Crippen LogP contribution in [0.25, 0.3) is 5.69 Å². The van der Waals surface area contributed by atoms with E-state index in [-0.39, 0.29) is 17.0 Å². The van der Waals surface area contributed by atoms with Crippen molar-refractivity contribution in [3.05, 3.63) is 107 Å². The van der Waals surface area contributed by atoms with E-state index < -0.39 is 23.1 Å². The predicted molar refractivity (Wildman–Crippen MR) is 140 cm³/mol. The third-order valence-corrected chi connectivity index (χ3v) is 6.23. The number of rotatable bonds is 8. The Morgan fingerprint density at radius 3 is 2.71 bits per heavy atom. The monoisotopic (exact) mass is 517 g/mol. The first-order chi connectivity index (χ1) is 18.5. The minimum Gasteiger partial charge on any atom is -0.452 e. The number of pyridine rings is 2. The Kier molecular flexibility index (Phi) is 7.41. The van der Waals surface area contributed by atoms with Crippen molar-refractivity contribution >= 4 is 17.3 Å². The Hall–Kier alpha value is -4.57. The van der Waals surface area contributed by atoms with Crippen molar-refractivity contribution in [2.24, 2.45) is 5.92 Å². The molecule has 3 N–H and O–H groups in total. The number of ether oxygens (including phenoxy) is 1. The SMILES string of the molecule is O=C(Nc1ccc(Oc2ccncc2NCC2CCNC2)c(F)c1)c1cccn(-c2ccc(F)cc2)c1=O. The summed E-state index contributed by atoms with van der Waals surface area (Å²) in [6, 6.07) is 13.8. The Balaban J connectivity index is 1.29. The number of hydrogen-bond donors (Lipinski definition) is 3. The van der Waals surface area contributed by atoms with Crippen LogP contribution in [0, 0.1) is 17.6 Å². The molecule has 0 bridgehead atoms. The number of benzene rings is 2. The first kappa shape index (κ1) is 25.1. The zero-order valence-electron chi connectivity index (χ0n) is 20.3. The van der Waals surface area contributed by atoms with E-state index in [1.165, 1.54) is 59.3 Å². The van der Waals surface area contributed by atoms with Crippen LogP contribution in [0.5, 0.6) is 11.5 Å². The number of carbonyl (C=O) groups excluding carboxylic acids is 1. The Morgan fingerprint density at radius 2 is 1.95 bits per heavy atom. The molecule has 4 aromatic rings. The van der Waals surface area contributed by atoms with Gasteiger partial charge in [0.15, 0.2) is 17.3 Å². The highest BCUT2D eigenvalue weighted by molar-refractivity contribution is 6.04. The average molecular weight is 518 g/mol. The molecule has 1 fully saturated rings. The van der Waals surface area contributed by atoms with Crippen LogP contribution in [0.3, 0.4) is 0 Å². The van der Waals surface area contributed by atoms with Gasteiger partial charge in [-0.2, -0.15) is 0 Å². The third-order valence-electron chi connectivity index (χ3n) is 6.23. The van der Waals surface area contributed by atoms with E-state index in [0.717, 1.165) is 32.1 Å². The van der Waals surface area contributed by atoms with Gasteiger partial charge in [-0.1, -0.05) is 0 Å². The van der Waals surface area contributed by atoms with Gasteiger partial charge in [0.05, 0.1) is 11.9 Å². The molecule has 3 heterocycles. The van der Waals surface area contributed by atoms with E-state index >= 15 is 0 Å². The molecule has 0 spiro atoms. The molecule has 38 heavy (non-hydrogen) atoms. The standard InChI is InChI=1S/C28H25F2N5O3/c29-19-3-6-21(7-4-19)35-13-1-2-22(28(35)37)27(36)34-20-5-8-25(23(30)14-20)38-26-10-12-32-17-24(26)33-16-18-9-11-31-15-18/h1-8,10,12-14,17-18,31,33H,9,11,15-16H2,(H,34,36). The molecule has 10 heteroatoms. The van der Waals surface area contributed by atoms with Gasteiger partial charge in [0.25, 0.3) is 11.5 Å². The number of nitrogens with one attached hydrogen (secondary N) is 3. The van der Waals surface area contributed by atoms with Gasteiger partial charge < -0.3 is 20.7 Å². The van der Waals surface area contributed by atoms with Gasteiger partial charge in [0, 0.05) is 42.4 Å². The van der Waals surface area contributed by atoms with Gasteiger partial charge in [0.2, 0.25) is 0 Å². The highest BCUT2D eigenvalue weighted by atomic mass is 19.1. The van der Waals surface area contributed by atoms with E-state index in [4.69, 9.17) is 4.74 Å². The van der Waals surface area contributed by atoms with Crippen LogP contribution in [0.1, 0.15) is 16.8 Å². The Labute approximate surface area is 217 Å². The van der Waals surface area contributed by atoms with Gasteiger partial charge >= 0.3 is 0 Å². The quantitative estimate of drug-likeness (QED) is 0.317. The Morgan fingerprint density at radius 1 is 1.11 bits per heavy atom. The summed E-state index contributed by atoms with van der Waals surface area (Å²) in [5.41, 5.74) is 0.463. The molecule has 1 aliphatic rings. The molecule has 0 aliphatic carbocycles. The third kappa shape index (κ3) is 5.70. The fraction of sp³-hybridized carbons (Fsp3) is 0.179. The van der Waals surface area contributed by atoms with Crippen molar-refractivity contribution in [3.63, 3.8) is 0 Å². The highest BCUT2D eigenvalue weighted by Gasteiger charge is 2.17. The zero-order valence-corrected chi connectivity index (χ0v) is 20.3. The number of carbonyl (C=O) groups is 1. The molecule has 1 aliphatic heterocycles. The highest BCUT2D eigenvalue weighted by Crippen LogP contribution is 2.31. The molecule has 8 nitrogen and oxygen atoms in total. The molecular weight excluding hydrogens is 492 g/mol. The lowest BCUT2D eigenvalue weighted by atomic mass is 10.1. The summed E-state index contributed by atoms with van der Waals surface area (Å²) in [6.45, 7) is 2.67. The van der Waals surface area contributed by atoms with Crippen LogP contribution < -0.4 is 26.2 Å². The van der Waals surface area contributed by atoms with E-state index in [1.54, 1.807) is 18.5 Å². The van der Waals surface area contributed by atoms with Crippen molar-refractivity contribution in [1.82, 2.24) is 14.9 Å². The van der Waals surface area contributed by atoms with Gasteiger partial charge in [-0.3, -0.25) is 19.1 Å². The molecule has 2 aromatic carbocycles. The summed E-state index contributed by atoms with van der Waals surface area (Å²) in [4.78, 5) is 29.8. The molecule has 1 amide bonds. The van der Waals surface area contributed by atoms with E-state index in [2.05, 4.69) is 20.9 Å². The van der Waals surface area contributed by atoms with Crippen LogP contribution in [-0.4, -0.2) is 35.1 Å². The first-order valence-electron chi connectivity index (χ1n) is 12.1. The van der Waals surface area contributed by atoms with E-state index in [1.807, 2.05) is 0 Å². The minimum atomic E-state index is -0.707. The largest absolute Gasteiger partial charge is 0.452 e. The molecule has 1 atom stereocenters. The molecule has 0 radical (unpaired) electrons. The minimum absolute atomic E-state index is 0.0295. The smallest absolute Gasteiger partial charge is 0.267 e. The summed E-state index contributed by atoms with van der Waals surface area (Å²) >= 11 is 0. The maximum Gasteiger partial charge on any atom is 0.267 e. The molecule has 0 saturated carbocycles. The van der Waals surface area contributed by atoms with Crippen LogP contribution in [0.4, 0.5) is 20.2 Å². The molecule has 5 rings (SSSR count). The van der Waals surface area contributed by atoms with E-state index in [9.17, 15) is 18.4 Å². The summed E-state index contributed by atoms with van der Waals surface area (Å²) < 4.78 is 35.2. The first-order valence-corrected chi connectivity index (χ1v) is 12.1. The van der Waals surface area contributed by atoms with Crippen LogP contribution in [0.2, 0.25) is 0 Å². The number of nitrogens with zero attached hydrogens (tertiary/aromatic N) is 2. The van der Waals surface area contributed by atoms with Crippen LogP contribution >= 0.6 is 0 Å². The maximum atomic E-state index is 14.9. The van der Waals surface area contributed by atoms with Crippen molar-refractivity contribution < 1.29 is 18.3 Å². The van der Waals surface area contributed by atoms with Crippen molar-refractivity contribution in [3.8, 4) is 17.2 Å². The lowest BCUT2D eigenvalue weighted by Gasteiger charge is -2.15. The molecular formula is C28H25F2N5O3. The number of hydrogen-bond acceptors (Lipinski definition) is 6. The van der Waals surface area contributed by atoms with Crippen molar-refractivity contribution in [2.75, 3.05) is 30.3 Å². The molecule has 1 saturated heterocycles. The summed E-state index contributed by atoms with van der Waals surface area (Å²) in [7, 11) is 0. The number of aromatic nitrogens is 2. The van der Waals surface area contributed by atoms with Crippen LogP contribution in [0.15, 0.2) is 84.0 Å². The Bertz CT molecular complexity index is 1500. The van der Waals surface area contributed by atoms with Crippen molar-refractivity contribution in [2.45, 2.75) is 6.42 Å². The normalized spacial score (nSPS) is 14.7. The van der Waals surface area contributed by atoms with Crippen LogP contribution in [-0.2, 0) is 0 Å². The number of halogens is 2.